The molecule has 1 aliphatic heterocycles. The normalized spacial score (nSPS) is 20.7. The minimum Gasteiger partial charge on any atom is -0.309 e. The summed E-state index contributed by atoms with van der Waals surface area (Å²) < 4.78 is 0. The van der Waals surface area contributed by atoms with Gasteiger partial charge in [0.1, 0.15) is 0 Å². The molecule has 0 radical (unpaired) electrons. The Hall–Kier alpha value is -1.65. The Balaban J connectivity index is 0.00000264. The molecule has 0 bridgehead atoms. The molecule has 23 heavy (non-hydrogen) atoms. The molecular weight excluding hydrogens is 312 g/mol. The van der Waals surface area contributed by atoms with Crippen LogP contribution in [-0.2, 0) is 15.0 Å². The fourth-order valence-electron chi connectivity index (χ4n) is 3.08. The molecule has 0 aliphatic carbocycles. The number of allylic oxidation sites excluding steroid dienone is 1. The highest BCUT2D eigenvalue weighted by Gasteiger charge is 2.51. The van der Waals surface area contributed by atoms with E-state index < -0.39 is 5.41 Å². The number of hydrogen-bond acceptors (Lipinski definition) is 3. The van der Waals surface area contributed by atoms with Crippen molar-refractivity contribution >= 4 is 24.2 Å². The fourth-order valence-corrected chi connectivity index (χ4v) is 3.08. The van der Waals surface area contributed by atoms with E-state index in [0.717, 1.165) is 18.5 Å². The molecule has 0 N–H and O–H groups in total. The van der Waals surface area contributed by atoms with Crippen LogP contribution in [0.1, 0.15) is 24.8 Å². The second kappa shape index (κ2) is 8.27. The van der Waals surface area contributed by atoms with Crippen molar-refractivity contribution in [2.45, 2.75) is 24.7 Å². The van der Waals surface area contributed by atoms with Gasteiger partial charge in [-0.2, -0.15) is 0 Å². The van der Waals surface area contributed by atoms with Crippen molar-refractivity contribution in [3.05, 3.63) is 48.6 Å². The Morgan fingerprint density at radius 1 is 1.26 bits per heavy atom. The van der Waals surface area contributed by atoms with Gasteiger partial charge >= 0.3 is 0 Å². The first kappa shape index (κ1) is 19.4. The molecule has 126 valence electrons. The molecule has 5 heteroatoms. The van der Waals surface area contributed by atoms with Crippen molar-refractivity contribution in [1.82, 2.24) is 9.80 Å². The van der Waals surface area contributed by atoms with Crippen molar-refractivity contribution in [3.8, 4) is 0 Å². The number of likely N-dealkylation sites (tertiary alicyclic amines) is 1. The van der Waals surface area contributed by atoms with E-state index in [-0.39, 0.29) is 30.6 Å². The summed E-state index contributed by atoms with van der Waals surface area (Å²) in [5, 5.41) is 0. The average molecular weight is 337 g/mol. The lowest BCUT2D eigenvalue weighted by Crippen LogP contribution is -2.39. The maximum Gasteiger partial charge on any atom is 0.240 e. The van der Waals surface area contributed by atoms with E-state index in [4.69, 9.17) is 0 Å². The number of hydrogen-bond donors (Lipinski definition) is 0. The van der Waals surface area contributed by atoms with E-state index in [2.05, 4.69) is 11.5 Å². The molecule has 1 aromatic carbocycles. The van der Waals surface area contributed by atoms with Crippen LogP contribution in [0, 0.1) is 0 Å². The molecule has 0 aromatic heterocycles. The summed E-state index contributed by atoms with van der Waals surface area (Å²) in [5.74, 6) is -0.156. The van der Waals surface area contributed by atoms with Crippen LogP contribution in [0.2, 0.25) is 0 Å². The Morgan fingerprint density at radius 2 is 1.91 bits per heavy atom. The zero-order chi connectivity index (χ0) is 16.2. The molecule has 0 spiro atoms. The topological polar surface area (TPSA) is 40.6 Å². The molecule has 1 unspecified atom stereocenters. The largest absolute Gasteiger partial charge is 0.309 e. The van der Waals surface area contributed by atoms with E-state index in [1.165, 1.54) is 4.90 Å². The smallest absolute Gasteiger partial charge is 0.240 e. The Labute approximate surface area is 144 Å². The number of carbonyl (C=O) groups is 2. The van der Waals surface area contributed by atoms with Crippen LogP contribution in [-0.4, -0.2) is 48.8 Å². The zero-order valence-electron chi connectivity index (χ0n) is 13.8. The molecule has 1 saturated heterocycles. The van der Waals surface area contributed by atoms with Crippen LogP contribution in [0.5, 0.6) is 0 Å². The first-order valence-electron chi connectivity index (χ1n) is 7.67. The molecule has 2 amide bonds. The van der Waals surface area contributed by atoms with Crippen LogP contribution in [0.4, 0.5) is 0 Å². The predicted molar refractivity (Wildman–Crippen MR) is 94.7 cm³/mol. The first-order chi connectivity index (χ1) is 10.5. The van der Waals surface area contributed by atoms with Gasteiger partial charge in [0, 0.05) is 13.0 Å². The van der Waals surface area contributed by atoms with Crippen molar-refractivity contribution in [2.75, 3.05) is 27.2 Å². The predicted octanol–water partition coefficient (Wildman–Crippen LogP) is 2.63. The van der Waals surface area contributed by atoms with E-state index in [1.54, 1.807) is 6.08 Å². The molecule has 1 heterocycles. The standard InChI is InChI=1S/C18H24N2O2.ClH/c1-4-11-18(15-9-6-5-7-10-15)14-16(21)20(17(18)22)13-8-12-19(2)3;/h4-7,9-10H,1,8,11-14H2,2-3H3;1H. The SMILES string of the molecule is C=CCC1(c2ccccc2)CC(=O)N(CCCN(C)C)C1=O.Cl. The van der Waals surface area contributed by atoms with Gasteiger partial charge in [0.2, 0.25) is 11.8 Å². The molecule has 0 saturated carbocycles. The third-order valence-corrected chi connectivity index (χ3v) is 4.21. The van der Waals surface area contributed by atoms with Gasteiger partial charge in [0.15, 0.2) is 0 Å². The maximum absolute atomic E-state index is 12.9. The molecule has 1 aliphatic rings. The van der Waals surface area contributed by atoms with Crippen LogP contribution >= 0.6 is 12.4 Å². The number of benzene rings is 1. The Morgan fingerprint density at radius 3 is 2.48 bits per heavy atom. The van der Waals surface area contributed by atoms with Gasteiger partial charge < -0.3 is 4.90 Å². The highest BCUT2D eigenvalue weighted by atomic mass is 35.5. The summed E-state index contributed by atoms with van der Waals surface area (Å²) in [7, 11) is 3.97. The monoisotopic (exact) mass is 336 g/mol. The Bertz CT molecular complexity index is 559. The van der Waals surface area contributed by atoms with Crippen LogP contribution < -0.4 is 0 Å². The summed E-state index contributed by atoms with van der Waals surface area (Å²) in [6, 6.07) is 9.59. The summed E-state index contributed by atoms with van der Waals surface area (Å²) in [6.45, 7) is 5.12. The highest BCUT2D eigenvalue weighted by Crippen LogP contribution is 2.39. The minimum absolute atomic E-state index is 0. The lowest BCUT2D eigenvalue weighted by Gasteiger charge is -2.26. The number of carbonyl (C=O) groups excluding carboxylic acids is 2. The van der Waals surface area contributed by atoms with Crippen molar-refractivity contribution < 1.29 is 9.59 Å². The zero-order valence-corrected chi connectivity index (χ0v) is 14.6. The number of nitrogens with zero attached hydrogens (tertiary/aromatic N) is 2. The molecule has 4 nitrogen and oxygen atoms in total. The lowest BCUT2D eigenvalue weighted by molar-refractivity contribution is -0.140. The van der Waals surface area contributed by atoms with E-state index >= 15 is 0 Å². The first-order valence-corrected chi connectivity index (χ1v) is 7.67. The number of imide groups is 1. The van der Waals surface area contributed by atoms with Crippen LogP contribution in [0.3, 0.4) is 0 Å². The summed E-state index contributed by atoms with van der Waals surface area (Å²) in [4.78, 5) is 28.8. The number of amides is 2. The molecular formula is C18H25ClN2O2. The van der Waals surface area contributed by atoms with E-state index in [0.29, 0.717) is 13.0 Å². The highest BCUT2D eigenvalue weighted by molar-refractivity contribution is 6.09. The molecule has 1 aromatic rings. The third kappa shape index (κ3) is 4.01. The van der Waals surface area contributed by atoms with E-state index in [9.17, 15) is 9.59 Å². The quantitative estimate of drug-likeness (QED) is 0.567. The average Bonchev–Trinajstić information content (AvgIpc) is 2.73. The van der Waals surface area contributed by atoms with Crippen molar-refractivity contribution in [2.24, 2.45) is 0 Å². The van der Waals surface area contributed by atoms with Gasteiger partial charge in [-0.05, 0) is 39.0 Å². The maximum atomic E-state index is 12.9. The van der Waals surface area contributed by atoms with Gasteiger partial charge in [0.25, 0.3) is 0 Å². The third-order valence-electron chi connectivity index (χ3n) is 4.21. The van der Waals surface area contributed by atoms with Gasteiger partial charge in [0.05, 0.1) is 5.41 Å². The van der Waals surface area contributed by atoms with Gasteiger partial charge in [-0.25, -0.2) is 0 Å². The summed E-state index contributed by atoms with van der Waals surface area (Å²) in [6.07, 6.45) is 3.26. The van der Waals surface area contributed by atoms with E-state index in [1.807, 2.05) is 44.4 Å². The molecule has 2 rings (SSSR count). The van der Waals surface area contributed by atoms with Gasteiger partial charge in [-0.1, -0.05) is 36.4 Å². The van der Waals surface area contributed by atoms with Gasteiger partial charge in [-0.3, -0.25) is 14.5 Å². The number of rotatable bonds is 7. The Kier molecular flexibility index (Phi) is 6.98. The number of halogens is 1. The van der Waals surface area contributed by atoms with Gasteiger partial charge in [-0.15, -0.1) is 19.0 Å². The molecule has 1 atom stereocenters. The summed E-state index contributed by atoms with van der Waals surface area (Å²) in [5.41, 5.74) is 0.140. The van der Waals surface area contributed by atoms with Crippen molar-refractivity contribution in [3.63, 3.8) is 0 Å². The van der Waals surface area contributed by atoms with Crippen LogP contribution in [0.25, 0.3) is 0 Å². The lowest BCUT2D eigenvalue weighted by atomic mass is 9.76. The summed E-state index contributed by atoms with van der Waals surface area (Å²) >= 11 is 0. The van der Waals surface area contributed by atoms with Crippen LogP contribution in [0.15, 0.2) is 43.0 Å². The fraction of sp³-hybridized carbons (Fsp3) is 0.444. The molecule has 1 fully saturated rings. The second-order valence-corrected chi connectivity index (χ2v) is 6.13. The second-order valence-electron chi connectivity index (χ2n) is 6.13. The van der Waals surface area contributed by atoms with Crippen molar-refractivity contribution in [1.29, 1.82) is 0 Å². The minimum atomic E-state index is -0.766.